The Morgan fingerprint density at radius 1 is 1.59 bits per heavy atom. The van der Waals surface area contributed by atoms with Gasteiger partial charge in [-0.1, -0.05) is 0 Å². The molecule has 0 radical (unpaired) electrons. The summed E-state index contributed by atoms with van der Waals surface area (Å²) in [6.07, 6.45) is 6.85. The Kier molecular flexibility index (Phi) is 6.27. The number of ether oxygens (including phenoxy) is 1. The number of amides is 1. The Balaban J connectivity index is 2.05. The quantitative estimate of drug-likeness (QED) is 0.614. The van der Waals surface area contributed by atoms with Crippen LogP contribution in [0, 0.1) is 0 Å². The number of hydrogen-bond acceptors (Lipinski definition) is 4. The lowest BCUT2D eigenvalue weighted by molar-refractivity contribution is -0.130. The topological polar surface area (TPSA) is 82.2 Å². The molecule has 0 saturated heterocycles. The van der Waals surface area contributed by atoms with Crippen molar-refractivity contribution >= 4 is 5.91 Å². The van der Waals surface area contributed by atoms with Crippen molar-refractivity contribution in [3.05, 3.63) is 18.7 Å². The van der Waals surface area contributed by atoms with Gasteiger partial charge in [-0.15, -0.1) is 0 Å². The molecule has 0 fully saturated rings. The minimum absolute atomic E-state index is 0.141. The second-order valence-corrected chi connectivity index (χ2v) is 3.76. The molecule has 1 aromatic heterocycles. The van der Waals surface area contributed by atoms with Gasteiger partial charge >= 0.3 is 0 Å². The zero-order valence-electron chi connectivity index (χ0n) is 10.1. The number of unbranched alkanes of at least 4 members (excludes halogenated alkanes) is 1. The van der Waals surface area contributed by atoms with Crippen molar-refractivity contribution in [2.75, 3.05) is 20.2 Å². The van der Waals surface area contributed by atoms with Crippen molar-refractivity contribution in [2.24, 2.45) is 5.73 Å². The van der Waals surface area contributed by atoms with Gasteiger partial charge in [-0.05, 0) is 12.8 Å². The van der Waals surface area contributed by atoms with Crippen LogP contribution in [0.5, 0.6) is 0 Å². The third kappa shape index (κ3) is 4.97. The number of aryl methyl sites for hydroxylation is 1. The summed E-state index contributed by atoms with van der Waals surface area (Å²) in [6, 6.07) is 0. The van der Waals surface area contributed by atoms with Crippen molar-refractivity contribution in [1.82, 2.24) is 14.9 Å². The molecule has 1 rings (SSSR count). The SMILES string of the molecule is COC(CN)C(=O)NCCCCn1ccnc1. The lowest BCUT2D eigenvalue weighted by Crippen LogP contribution is -2.40. The van der Waals surface area contributed by atoms with Gasteiger partial charge in [0.2, 0.25) is 5.91 Å². The maximum atomic E-state index is 11.5. The van der Waals surface area contributed by atoms with E-state index in [1.807, 2.05) is 10.8 Å². The summed E-state index contributed by atoms with van der Waals surface area (Å²) in [5, 5.41) is 2.80. The smallest absolute Gasteiger partial charge is 0.250 e. The minimum Gasteiger partial charge on any atom is -0.370 e. The molecule has 1 heterocycles. The summed E-state index contributed by atoms with van der Waals surface area (Å²) in [5.74, 6) is -0.141. The number of aromatic nitrogens is 2. The molecule has 17 heavy (non-hydrogen) atoms. The van der Waals surface area contributed by atoms with Crippen LogP contribution in [0.4, 0.5) is 0 Å². The molecule has 3 N–H and O–H groups in total. The second kappa shape index (κ2) is 7.81. The van der Waals surface area contributed by atoms with Crippen LogP contribution >= 0.6 is 0 Å². The molecule has 0 aliphatic carbocycles. The summed E-state index contributed by atoms with van der Waals surface area (Å²) in [7, 11) is 1.48. The number of carbonyl (C=O) groups excluding carboxylic acids is 1. The fraction of sp³-hybridized carbons (Fsp3) is 0.636. The van der Waals surface area contributed by atoms with Crippen LogP contribution in [0.25, 0.3) is 0 Å². The largest absolute Gasteiger partial charge is 0.370 e. The van der Waals surface area contributed by atoms with E-state index >= 15 is 0 Å². The molecule has 0 bridgehead atoms. The van der Waals surface area contributed by atoms with Gasteiger partial charge in [0.15, 0.2) is 0 Å². The van der Waals surface area contributed by atoms with Crippen LogP contribution in [-0.4, -0.2) is 41.8 Å². The Labute approximate surface area is 101 Å². The number of rotatable bonds is 8. The van der Waals surface area contributed by atoms with Crippen LogP contribution in [0.2, 0.25) is 0 Å². The zero-order chi connectivity index (χ0) is 12.5. The highest BCUT2D eigenvalue weighted by atomic mass is 16.5. The summed E-state index contributed by atoms with van der Waals surface area (Å²) in [5.41, 5.74) is 5.38. The van der Waals surface area contributed by atoms with Crippen LogP contribution in [0.3, 0.4) is 0 Å². The van der Waals surface area contributed by atoms with Crippen molar-refractivity contribution < 1.29 is 9.53 Å². The lowest BCUT2D eigenvalue weighted by Gasteiger charge is -2.12. The Bertz CT molecular complexity index is 309. The molecular weight excluding hydrogens is 220 g/mol. The highest BCUT2D eigenvalue weighted by molar-refractivity contribution is 5.80. The van der Waals surface area contributed by atoms with Gasteiger partial charge in [0.25, 0.3) is 0 Å². The predicted octanol–water partition coefficient (Wildman–Crippen LogP) is -0.247. The first kappa shape index (κ1) is 13.7. The van der Waals surface area contributed by atoms with Crippen molar-refractivity contribution in [3.63, 3.8) is 0 Å². The normalized spacial score (nSPS) is 12.4. The van der Waals surface area contributed by atoms with Gasteiger partial charge in [-0.25, -0.2) is 4.98 Å². The van der Waals surface area contributed by atoms with E-state index < -0.39 is 6.10 Å². The van der Waals surface area contributed by atoms with Gasteiger partial charge in [0.05, 0.1) is 6.33 Å². The van der Waals surface area contributed by atoms with Crippen LogP contribution in [-0.2, 0) is 16.1 Å². The number of nitrogens with zero attached hydrogens (tertiary/aromatic N) is 2. The summed E-state index contributed by atoms with van der Waals surface area (Å²) in [4.78, 5) is 15.4. The molecule has 6 heteroatoms. The highest BCUT2D eigenvalue weighted by Crippen LogP contribution is 1.94. The molecule has 1 unspecified atom stereocenters. The lowest BCUT2D eigenvalue weighted by atomic mass is 10.3. The van der Waals surface area contributed by atoms with Crippen molar-refractivity contribution in [1.29, 1.82) is 0 Å². The first-order valence-electron chi connectivity index (χ1n) is 5.74. The molecule has 96 valence electrons. The number of imidazole rings is 1. The van der Waals surface area contributed by atoms with E-state index in [1.165, 1.54) is 7.11 Å². The van der Waals surface area contributed by atoms with E-state index in [0.717, 1.165) is 19.4 Å². The van der Waals surface area contributed by atoms with Crippen LogP contribution in [0.15, 0.2) is 18.7 Å². The van der Waals surface area contributed by atoms with E-state index in [0.29, 0.717) is 6.54 Å². The monoisotopic (exact) mass is 240 g/mol. The van der Waals surface area contributed by atoms with Gasteiger partial charge in [0.1, 0.15) is 6.10 Å². The summed E-state index contributed by atoms with van der Waals surface area (Å²) in [6.45, 7) is 1.77. The zero-order valence-corrected chi connectivity index (χ0v) is 10.1. The Morgan fingerprint density at radius 2 is 2.41 bits per heavy atom. The molecule has 0 spiro atoms. The minimum atomic E-state index is -0.538. The third-order valence-corrected chi connectivity index (χ3v) is 2.49. The maximum Gasteiger partial charge on any atom is 0.250 e. The van der Waals surface area contributed by atoms with E-state index in [-0.39, 0.29) is 12.5 Å². The fourth-order valence-corrected chi connectivity index (χ4v) is 1.47. The van der Waals surface area contributed by atoms with Crippen LogP contribution < -0.4 is 11.1 Å². The molecule has 1 atom stereocenters. The van der Waals surface area contributed by atoms with E-state index in [4.69, 9.17) is 10.5 Å². The van der Waals surface area contributed by atoms with Gasteiger partial charge in [-0.2, -0.15) is 0 Å². The highest BCUT2D eigenvalue weighted by Gasteiger charge is 2.14. The van der Waals surface area contributed by atoms with Gasteiger partial charge in [0, 0.05) is 39.1 Å². The predicted molar refractivity (Wildman–Crippen MR) is 64.3 cm³/mol. The number of nitrogens with two attached hydrogens (primary N) is 1. The number of methoxy groups -OCH3 is 1. The second-order valence-electron chi connectivity index (χ2n) is 3.76. The number of hydrogen-bond donors (Lipinski definition) is 2. The third-order valence-electron chi connectivity index (χ3n) is 2.49. The average Bonchev–Trinajstić information content (AvgIpc) is 2.83. The molecular formula is C11H20N4O2. The molecule has 1 amide bonds. The standard InChI is InChI=1S/C11H20N4O2/c1-17-10(8-12)11(16)14-4-2-3-6-15-7-5-13-9-15/h5,7,9-10H,2-4,6,8,12H2,1H3,(H,14,16). The van der Waals surface area contributed by atoms with E-state index in [9.17, 15) is 4.79 Å². The molecule has 0 aromatic carbocycles. The van der Waals surface area contributed by atoms with Gasteiger partial charge < -0.3 is 20.4 Å². The average molecular weight is 240 g/mol. The molecule has 6 nitrogen and oxygen atoms in total. The fourth-order valence-electron chi connectivity index (χ4n) is 1.47. The Hall–Kier alpha value is -1.40. The molecule has 0 saturated carbocycles. The van der Waals surface area contributed by atoms with Gasteiger partial charge in [-0.3, -0.25) is 4.79 Å². The molecule has 0 aliphatic heterocycles. The Morgan fingerprint density at radius 3 is 3.00 bits per heavy atom. The first-order chi connectivity index (χ1) is 8.27. The number of carbonyl (C=O) groups is 1. The molecule has 0 aliphatic rings. The summed E-state index contributed by atoms with van der Waals surface area (Å²) < 4.78 is 6.94. The first-order valence-corrected chi connectivity index (χ1v) is 5.74. The number of nitrogens with one attached hydrogen (secondary N) is 1. The van der Waals surface area contributed by atoms with E-state index in [2.05, 4.69) is 10.3 Å². The van der Waals surface area contributed by atoms with Crippen LogP contribution in [0.1, 0.15) is 12.8 Å². The van der Waals surface area contributed by atoms with Crippen molar-refractivity contribution in [2.45, 2.75) is 25.5 Å². The molecule has 1 aromatic rings. The summed E-state index contributed by atoms with van der Waals surface area (Å²) >= 11 is 0. The van der Waals surface area contributed by atoms with Crippen molar-refractivity contribution in [3.8, 4) is 0 Å². The maximum absolute atomic E-state index is 11.5. The van der Waals surface area contributed by atoms with E-state index in [1.54, 1.807) is 12.5 Å².